The molecule has 0 bridgehead atoms. The summed E-state index contributed by atoms with van der Waals surface area (Å²) in [5.74, 6) is -0.541. The molecule has 0 spiro atoms. The molecule has 94 valence electrons. The monoisotopic (exact) mass is 254 g/mol. The van der Waals surface area contributed by atoms with Gasteiger partial charge < -0.3 is 10.4 Å². The first-order valence-corrected chi connectivity index (χ1v) is 5.64. The zero-order chi connectivity index (χ0) is 13.2. The van der Waals surface area contributed by atoms with Crippen molar-refractivity contribution in [3.8, 4) is 0 Å². The molecule has 0 unspecified atom stereocenters. The Morgan fingerprint density at radius 3 is 2.89 bits per heavy atom. The largest absolute Gasteiger partial charge is 0.478 e. The van der Waals surface area contributed by atoms with Crippen molar-refractivity contribution in [2.24, 2.45) is 0 Å². The fraction of sp³-hybridized carbons (Fsp3) is 0. The molecule has 0 radical (unpaired) electrons. The molecule has 0 aliphatic heterocycles. The van der Waals surface area contributed by atoms with E-state index in [1.165, 1.54) is 12.1 Å². The number of nitrogens with zero attached hydrogens (tertiary/aromatic N) is 3. The average Bonchev–Trinajstić information content (AvgIpc) is 2.81. The van der Waals surface area contributed by atoms with Crippen molar-refractivity contribution >= 4 is 23.3 Å². The predicted octanol–water partition coefficient (Wildman–Crippen LogP) is 2.17. The summed E-state index contributed by atoms with van der Waals surface area (Å²) in [6.45, 7) is 0. The van der Waals surface area contributed by atoms with Crippen molar-refractivity contribution in [3.63, 3.8) is 0 Å². The van der Waals surface area contributed by atoms with Gasteiger partial charge in [-0.3, -0.25) is 0 Å². The molecular weight excluding hydrogens is 244 g/mol. The predicted molar refractivity (Wildman–Crippen MR) is 69.7 cm³/mol. The van der Waals surface area contributed by atoms with Gasteiger partial charge in [-0.25, -0.2) is 9.31 Å². The van der Waals surface area contributed by atoms with E-state index in [9.17, 15) is 4.79 Å². The lowest BCUT2D eigenvalue weighted by Gasteiger charge is -2.02. The molecule has 2 N–H and O–H groups in total. The molecule has 0 amide bonds. The number of nitrogens with one attached hydrogen (secondary N) is 1. The first kappa shape index (κ1) is 11.2. The van der Waals surface area contributed by atoms with E-state index in [4.69, 9.17) is 5.11 Å². The van der Waals surface area contributed by atoms with E-state index in [2.05, 4.69) is 15.4 Å². The first-order chi connectivity index (χ1) is 9.22. The number of hydrogen-bond acceptors (Lipinski definition) is 4. The number of aromatic nitrogens is 3. The SMILES string of the molecule is O=C(O)c1cccc(Nc2nc3ccccn3n2)c1. The minimum atomic E-state index is -0.966. The molecule has 1 aromatic carbocycles. The van der Waals surface area contributed by atoms with Gasteiger partial charge in [-0.1, -0.05) is 12.1 Å². The molecule has 6 heteroatoms. The highest BCUT2D eigenvalue weighted by atomic mass is 16.4. The Kier molecular flexibility index (Phi) is 2.60. The van der Waals surface area contributed by atoms with E-state index in [0.29, 0.717) is 11.6 Å². The maximum Gasteiger partial charge on any atom is 0.335 e. The number of aromatic carboxylic acids is 1. The molecule has 3 aromatic rings. The molecule has 19 heavy (non-hydrogen) atoms. The summed E-state index contributed by atoms with van der Waals surface area (Å²) in [7, 11) is 0. The second-order valence-corrected chi connectivity index (χ2v) is 3.95. The first-order valence-electron chi connectivity index (χ1n) is 5.64. The maximum atomic E-state index is 10.9. The van der Waals surface area contributed by atoms with Crippen molar-refractivity contribution in [2.45, 2.75) is 0 Å². The number of benzene rings is 1. The van der Waals surface area contributed by atoms with Crippen molar-refractivity contribution in [1.82, 2.24) is 14.6 Å². The van der Waals surface area contributed by atoms with E-state index in [1.807, 2.05) is 18.2 Å². The highest BCUT2D eigenvalue weighted by Gasteiger charge is 2.06. The normalized spacial score (nSPS) is 10.5. The molecular formula is C13H10N4O2. The Morgan fingerprint density at radius 1 is 1.21 bits per heavy atom. The van der Waals surface area contributed by atoms with Gasteiger partial charge in [-0.2, -0.15) is 4.98 Å². The summed E-state index contributed by atoms with van der Waals surface area (Å²) < 4.78 is 1.64. The van der Waals surface area contributed by atoms with Gasteiger partial charge >= 0.3 is 5.97 Å². The lowest BCUT2D eigenvalue weighted by Crippen LogP contribution is -1.98. The van der Waals surface area contributed by atoms with Crippen LogP contribution in [-0.4, -0.2) is 25.7 Å². The molecule has 2 heterocycles. The summed E-state index contributed by atoms with van der Waals surface area (Å²) in [6.07, 6.45) is 1.79. The van der Waals surface area contributed by atoms with E-state index in [0.717, 1.165) is 5.65 Å². The van der Waals surface area contributed by atoms with Crippen molar-refractivity contribution in [3.05, 3.63) is 54.2 Å². The van der Waals surface area contributed by atoms with Crippen LogP contribution in [0.15, 0.2) is 48.7 Å². The van der Waals surface area contributed by atoms with Gasteiger partial charge in [-0.05, 0) is 30.3 Å². The van der Waals surface area contributed by atoms with E-state index < -0.39 is 5.97 Å². The molecule has 0 saturated carbocycles. The molecule has 0 saturated heterocycles. The zero-order valence-corrected chi connectivity index (χ0v) is 9.82. The number of carboxylic acids is 1. The number of anilines is 2. The smallest absolute Gasteiger partial charge is 0.335 e. The van der Waals surface area contributed by atoms with E-state index in [-0.39, 0.29) is 5.56 Å². The van der Waals surface area contributed by atoms with Crippen LogP contribution in [0, 0.1) is 0 Å². The Labute approximate surface area is 108 Å². The Morgan fingerprint density at radius 2 is 2.11 bits per heavy atom. The fourth-order valence-electron chi connectivity index (χ4n) is 1.74. The van der Waals surface area contributed by atoms with Gasteiger partial charge in [0.15, 0.2) is 5.65 Å². The number of rotatable bonds is 3. The maximum absolute atomic E-state index is 10.9. The summed E-state index contributed by atoms with van der Waals surface area (Å²) in [5.41, 5.74) is 1.57. The lowest BCUT2D eigenvalue weighted by atomic mass is 10.2. The fourth-order valence-corrected chi connectivity index (χ4v) is 1.74. The topological polar surface area (TPSA) is 79.5 Å². The highest BCUT2D eigenvalue weighted by Crippen LogP contribution is 2.15. The number of carboxylic acid groups (broad SMARTS) is 1. The molecule has 0 aliphatic rings. The minimum Gasteiger partial charge on any atom is -0.478 e. The second-order valence-electron chi connectivity index (χ2n) is 3.95. The summed E-state index contributed by atoms with van der Waals surface area (Å²) in [4.78, 5) is 15.2. The summed E-state index contributed by atoms with van der Waals surface area (Å²) in [5, 5.41) is 16.1. The molecule has 3 rings (SSSR count). The Bertz CT molecular complexity index is 718. The molecule has 0 fully saturated rings. The van der Waals surface area contributed by atoms with Crippen LogP contribution in [0.2, 0.25) is 0 Å². The number of carbonyl (C=O) groups is 1. The Balaban J connectivity index is 1.92. The van der Waals surface area contributed by atoms with Crippen molar-refractivity contribution < 1.29 is 9.90 Å². The zero-order valence-electron chi connectivity index (χ0n) is 9.82. The lowest BCUT2D eigenvalue weighted by molar-refractivity contribution is 0.0697. The van der Waals surface area contributed by atoms with Crippen LogP contribution in [0.4, 0.5) is 11.6 Å². The molecule has 0 atom stereocenters. The third-order valence-corrected chi connectivity index (χ3v) is 2.61. The van der Waals surface area contributed by atoms with Gasteiger partial charge in [0.1, 0.15) is 0 Å². The Hall–Kier alpha value is -2.89. The van der Waals surface area contributed by atoms with Gasteiger partial charge in [0.05, 0.1) is 5.56 Å². The standard InChI is InChI=1S/C13H10N4O2/c18-12(19)9-4-3-5-10(8-9)14-13-15-11-6-1-2-7-17(11)16-13/h1-8H,(H,14,16)(H,18,19). The van der Waals surface area contributed by atoms with E-state index >= 15 is 0 Å². The van der Waals surface area contributed by atoms with Gasteiger partial charge in [0.25, 0.3) is 0 Å². The number of hydrogen-bond donors (Lipinski definition) is 2. The third kappa shape index (κ3) is 2.23. The average molecular weight is 254 g/mol. The second kappa shape index (κ2) is 4.41. The molecule has 6 nitrogen and oxygen atoms in total. The third-order valence-electron chi connectivity index (χ3n) is 2.61. The van der Waals surface area contributed by atoms with Crippen LogP contribution in [0.1, 0.15) is 10.4 Å². The van der Waals surface area contributed by atoms with Gasteiger partial charge in [-0.15, -0.1) is 5.10 Å². The van der Waals surface area contributed by atoms with E-state index in [1.54, 1.807) is 22.8 Å². The molecule has 0 aliphatic carbocycles. The van der Waals surface area contributed by atoms with Gasteiger partial charge in [0, 0.05) is 11.9 Å². The van der Waals surface area contributed by atoms with Crippen LogP contribution in [0.3, 0.4) is 0 Å². The summed E-state index contributed by atoms with van der Waals surface area (Å²) in [6, 6.07) is 12.1. The van der Waals surface area contributed by atoms with Crippen molar-refractivity contribution in [1.29, 1.82) is 0 Å². The number of fused-ring (bicyclic) bond motifs is 1. The van der Waals surface area contributed by atoms with Crippen LogP contribution in [-0.2, 0) is 0 Å². The minimum absolute atomic E-state index is 0.216. The van der Waals surface area contributed by atoms with Crippen LogP contribution in [0.5, 0.6) is 0 Å². The quantitative estimate of drug-likeness (QED) is 0.748. The highest BCUT2D eigenvalue weighted by molar-refractivity contribution is 5.89. The van der Waals surface area contributed by atoms with Crippen molar-refractivity contribution in [2.75, 3.05) is 5.32 Å². The van der Waals surface area contributed by atoms with Crippen LogP contribution in [0.25, 0.3) is 5.65 Å². The van der Waals surface area contributed by atoms with Crippen LogP contribution < -0.4 is 5.32 Å². The summed E-state index contributed by atoms with van der Waals surface area (Å²) >= 11 is 0. The van der Waals surface area contributed by atoms with Gasteiger partial charge in [0.2, 0.25) is 5.95 Å². The number of pyridine rings is 1. The molecule has 2 aromatic heterocycles. The van der Waals surface area contributed by atoms with Crippen LogP contribution >= 0.6 is 0 Å².